The number of terminal acetylenes is 1. The van der Waals surface area contributed by atoms with Gasteiger partial charge in [0.05, 0.1) is 185 Å². The highest BCUT2D eigenvalue weighted by Crippen LogP contribution is 1.88. The summed E-state index contributed by atoms with van der Waals surface area (Å²) in [7, 11) is 0. The average Bonchev–Trinajstić information content (AvgIpc) is 3.07. The molecule has 0 fully saturated rings. The summed E-state index contributed by atoms with van der Waals surface area (Å²) in [6, 6.07) is 0. The van der Waals surface area contributed by atoms with E-state index in [-0.39, 0.29) is 6.61 Å². The number of hydrogen-bond acceptors (Lipinski definition) is 15. The van der Waals surface area contributed by atoms with Crippen LogP contribution >= 0.6 is 0 Å². The van der Waals surface area contributed by atoms with Crippen LogP contribution in [0.15, 0.2) is 0 Å². The lowest BCUT2D eigenvalue weighted by Crippen LogP contribution is -2.15. The second-order valence-electron chi connectivity index (χ2n) is 8.94. The third-order valence-electron chi connectivity index (χ3n) is 5.26. The Bertz CT molecular complexity index is 583. The molecule has 0 aromatic carbocycles. The minimum Gasteiger partial charge on any atom is -0.394 e. The third-order valence-corrected chi connectivity index (χ3v) is 5.26. The zero-order chi connectivity index (χ0) is 33.1. The molecule has 0 aliphatic carbocycles. The molecular weight excluding hydrogens is 612 g/mol. The van der Waals surface area contributed by atoms with Crippen molar-refractivity contribution in [2.24, 2.45) is 0 Å². The van der Waals surface area contributed by atoms with Crippen molar-refractivity contribution >= 4 is 0 Å². The maximum absolute atomic E-state index is 8.58. The van der Waals surface area contributed by atoms with E-state index in [4.69, 9.17) is 77.8 Å². The zero-order valence-corrected chi connectivity index (χ0v) is 27.7. The van der Waals surface area contributed by atoms with E-state index in [0.29, 0.717) is 185 Å². The highest BCUT2D eigenvalue weighted by Gasteiger charge is 1.97. The summed E-state index contributed by atoms with van der Waals surface area (Å²) in [5.74, 6) is 2.40. The Balaban J connectivity index is 3.03. The van der Waals surface area contributed by atoms with Crippen LogP contribution in [0, 0.1) is 12.3 Å². The first-order valence-corrected chi connectivity index (χ1v) is 16.0. The largest absolute Gasteiger partial charge is 0.394 e. The molecule has 1 N–H and O–H groups in total. The summed E-state index contributed by atoms with van der Waals surface area (Å²) in [5, 5.41) is 8.58. The van der Waals surface area contributed by atoms with Gasteiger partial charge in [0, 0.05) is 0 Å². The van der Waals surface area contributed by atoms with Crippen LogP contribution in [0.3, 0.4) is 0 Å². The molecule has 0 saturated heterocycles. The van der Waals surface area contributed by atoms with Gasteiger partial charge in [-0.15, -0.1) is 6.42 Å². The summed E-state index contributed by atoms with van der Waals surface area (Å²) in [5.41, 5.74) is 0. The van der Waals surface area contributed by atoms with Crippen molar-refractivity contribution in [1.82, 2.24) is 0 Å². The normalized spacial score (nSPS) is 11.4. The predicted octanol–water partition coefficient (Wildman–Crippen LogP) is -0.156. The fraction of sp³-hybridized carbons (Fsp3) is 0.935. The van der Waals surface area contributed by atoms with Crippen LogP contribution in [-0.4, -0.2) is 197 Å². The Morgan fingerprint density at radius 3 is 0.565 bits per heavy atom. The number of aliphatic hydroxyl groups excluding tert-OH is 1. The first-order valence-electron chi connectivity index (χ1n) is 16.0. The Morgan fingerprint density at radius 1 is 0.261 bits per heavy atom. The molecule has 15 nitrogen and oxygen atoms in total. The fourth-order valence-electron chi connectivity index (χ4n) is 3.05. The molecule has 0 spiro atoms. The van der Waals surface area contributed by atoms with Gasteiger partial charge in [0.1, 0.15) is 6.61 Å². The Kier molecular flexibility index (Phi) is 43.0. The van der Waals surface area contributed by atoms with E-state index in [2.05, 4.69) is 5.92 Å². The van der Waals surface area contributed by atoms with E-state index in [1.165, 1.54) is 0 Å². The lowest BCUT2D eigenvalue weighted by atomic mass is 10.6. The standard InChI is InChI=1S/C31H60O15/c1-2-4-33-6-8-35-10-12-37-14-16-39-18-20-41-22-24-43-26-28-45-30-31-46-29-27-44-25-23-42-21-19-40-17-15-38-13-11-36-9-7-34-5-3-32/h1,32H,3-31H2. The molecule has 0 rings (SSSR count). The lowest BCUT2D eigenvalue weighted by Gasteiger charge is -2.09. The summed E-state index contributed by atoms with van der Waals surface area (Å²) >= 11 is 0. The van der Waals surface area contributed by atoms with Crippen LogP contribution in [0.25, 0.3) is 0 Å². The Morgan fingerprint density at radius 2 is 0.413 bits per heavy atom. The lowest BCUT2D eigenvalue weighted by molar-refractivity contribution is -0.0296. The van der Waals surface area contributed by atoms with Gasteiger partial charge in [-0.3, -0.25) is 0 Å². The van der Waals surface area contributed by atoms with Gasteiger partial charge in [-0.05, 0) is 0 Å². The van der Waals surface area contributed by atoms with E-state index < -0.39 is 0 Å². The van der Waals surface area contributed by atoms with E-state index >= 15 is 0 Å². The van der Waals surface area contributed by atoms with Crippen molar-refractivity contribution in [3.05, 3.63) is 0 Å². The smallest absolute Gasteiger partial charge is 0.107 e. The topological polar surface area (TPSA) is 149 Å². The first-order chi connectivity index (χ1) is 22.9. The van der Waals surface area contributed by atoms with E-state index in [0.717, 1.165) is 0 Å². The van der Waals surface area contributed by atoms with Crippen molar-refractivity contribution in [2.75, 3.05) is 192 Å². The van der Waals surface area contributed by atoms with Gasteiger partial charge in [0.15, 0.2) is 0 Å². The molecule has 0 bridgehead atoms. The van der Waals surface area contributed by atoms with E-state index in [9.17, 15) is 0 Å². The molecule has 15 heteroatoms. The maximum atomic E-state index is 8.58. The molecule has 46 heavy (non-hydrogen) atoms. The van der Waals surface area contributed by atoms with Crippen molar-refractivity contribution < 1.29 is 71.4 Å². The molecule has 0 unspecified atom stereocenters. The minimum absolute atomic E-state index is 0.0230. The van der Waals surface area contributed by atoms with E-state index in [1.807, 2.05) is 0 Å². The van der Waals surface area contributed by atoms with Crippen LogP contribution in [0.5, 0.6) is 0 Å². The average molecular weight is 673 g/mol. The quantitative estimate of drug-likeness (QED) is 0.0676. The number of ether oxygens (including phenoxy) is 14. The summed E-state index contributed by atoms with van der Waals surface area (Å²) in [6.45, 7) is 13.7. The second-order valence-corrected chi connectivity index (χ2v) is 8.94. The molecule has 0 amide bonds. The second kappa shape index (κ2) is 44.0. The third kappa shape index (κ3) is 43.0. The maximum Gasteiger partial charge on any atom is 0.107 e. The first kappa shape index (κ1) is 45.0. The molecule has 274 valence electrons. The number of rotatable bonds is 42. The van der Waals surface area contributed by atoms with Crippen LogP contribution < -0.4 is 0 Å². The zero-order valence-electron chi connectivity index (χ0n) is 27.7. The Labute approximate surface area is 275 Å². The van der Waals surface area contributed by atoms with Crippen LogP contribution in [0.1, 0.15) is 0 Å². The molecular formula is C31H60O15. The number of aliphatic hydroxyl groups is 1. The van der Waals surface area contributed by atoms with Gasteiger partial charge in [-0.2, -0.15) is 0 Å². The van der Waals surface area contributed by atoms with Crippen molar-refractivity contribution in [3.8, 4) is 12.3 Å². The molecule has 0 radical (unpaired) electrons. The van der Waals surface area contributed by atoms with Gasteiger partial charge in [0.25, 0.3) is 0 Å². The fourth-order valence-corrected chi connectivity index (χ4v) is 3.05. The molecule has 0 aromatic heterocycles. The van der Waals surface area contributed by atoms with Gasteiger partial charge >= 0.3 is 0 Å². The van der Waals surface area contributed by atoms with Gasteiger partial charge in [-0.1, -0.05) is 5.92 Å². The van der Waals surface area contributed by atoms with Crippen LogP contribution in [0.4, 0.5) is 0 Å². The Hall–Kier alpha value is -1.04. The molecule has 0 aliphatic heterocycles. The highest BCUT2D eigenvalue weighted by atomic mass is 16.6. The van der Waals surface area contributed by atoms with Crippen molar-refractivity contribution in [3.63, 3.8) is 0 Å². The van der Waals surface area contributed by atoms with Gasteiger partial charge in [0.2, 0.25) is 0 Å². The molecule has 0 aliphatic rings. The van der Waals surface area contributed by atoms with Crippen molar-refractivity contribution in [1.29, 1.82) is 0 Å². The van der Waals surface area contributed by atoms with Crippen molar-refractivity contribution in [2.45, 2.75) is 0 Å². The molecule has 0 saturated carbocycles. The van der Waals surface area contributed by atoms with Crippen LogP contribution in [-0.2, 0) is 66.3 Å². The monoisotopic (exact) mass is 672 g/mol. The molecule has 0 aromatic rings. The summed E-state index contributed by atoms with van der Waals surface area (Å²) < 4.78 is 75.3. The SMILES string of the molecule is C#CCOCCOCCOCCOCCOCCOCCOCCOCCOCCOCCOCCOCCOCCOCCO. The highest BCUT2D eigenvalue weighted by molar-refractivity contribution is 4.82. The minimum atomic E-state index is 0.0230. The van der Waals surface area contributed by atoms with E-state index in [1.54, 1.807) is 0 Å². The molecule has 0 atom stereocenters. The summed E-state index contributed by atoms with van der Waals surface area (Å²) in [4.78, 5) is 0. The predicted molar refractivity (Wildman–Crippen MR) is 167 cm³/mol. The molecule has 0 heterocycles. The summed E-state index contributed by atoms with van der Waals surface area (Å²) in [6.07, 6.45) is 5.08. The van der Waals surface area contributed by atoms with Crippen LogP contribution in [0.2, 0.25) is 0 Å². The van der Waals surface area contributed by atoms with Gasteiger partial charge in [-0.25, -0.2) is 0 Å². The number of hydrogen-bond donors (Lipinski definition) is 1. The van der Waals surface area contributed by atoms with Gasteiger partial charge < -0.3 is 71.4 Å².